The van der Waals surface area contributed by atoms with Gasteiger partial charge >= 0.3 is 12.1 Å². The lowest BCUT2D eigenvalue weighted by molar-refractivity contribution is -0.384. The molecule has 0 spiro atoms. The number of nitro benzene ring substituents is 1. The molecule has 0 saturated heterocycles. The number of nitrogens with zero attached hydrogens (tertiary/aromatic N) is 1. The number of esters is 1. The smallest absolute Gasteiger partial charge is 0.416 e. The van der Waals surface area contributed by atoms with E-state index < -0.39 is 28.3 Å². The number of nitro groups is 1. The molecule has 0 atom stereocenters. The molecule has 1 aromatic rings. The maximum atomic E-state index is 12.7. The Labute approximate surface area is 138 Å². The molecule has 2 rings (SSSR count). The van der Waals surface area contributed by atoms with Crippen LogP contribution in [0.5, 0.6) is 0 Å². The number of hydrazine groups is 1. The van der Waals surface area contributed by atoms with Gasteiger partial charge in [0.15, 0.2) is 0 Å². The van der Waals surface area contributed by atoms with Crippen molar-refractivity contribution in [3.63, 3.8) is 0 Å². The van der Waals surface area contributed by atoms with E-state index in [0.717, 1.165) is 12.1 Å². The quantitative estimate of drug-likeness (QED) is 0.472. The van der Waals surface area contributed by atoms with Crippen molar-refractivity contribution in [1.29, 1.82) is 0 Å². The minimum absolute atomic E-state index is 0.151. The van der Waals surface area contributed by atoms with Gasteiger partial charge in [0.25, 0.3) is 5.69 Å². The largest absolute Gasteiger partial charge is 0.466 e. The molecule has 2 N–H and O–H groups in total. The van der Waals surface area contributed by atoms with Crippen LogP contribution in [-0.4, -0.2) is 29.5 Å². The van der Waals surface area contributed by atoms with E-state index in [0.29, 0.717) is 28.8 Å². The second-order valence-corrected chi connectivity index (χ2v) is 5.66. The summed E-state index contributed by atoms with van der Waals surface area (Å²) in [7, 11) is 1.23. The van der Waals surface area contributed by atoms with Crippen molar-refractivity contribution >= 4 is 29.1 Å². The van der Waals surface area contributed by atoms with Crippen LogP contribution in [0, 0.1) is 10.1 Å². The van der Waals surface area contributed by atoms with Crippen molar-refractivity contribution in [2.24, 2.45) is 0 Å². The van der Waals surface area contributed by atoms with E-state index in [1.54, 1.807) is 0 Å². The van der Waals surface area contributed by atoms with Crippen molar-refractivity contribution in [2.75, 3.05) is 24.0 Å². The first-order valence-corrected chi connectivity index (χ1v) is 7.65. The monoisotopic (exact) mass is 363 g/mol. The molecular weight excluding hydrogens is 351 g/mol. The molecule has 1 aromatic carbocycles. The van der Waals surface area contributed by atoms with Crippen molar-refractivity contribution < 1.29 is 27.6 Å². The number of ether oxygens (including phenoxy) is 1. The lowest BCUT2D eigenvalue weighted by Gasteiger charge is -2.13. The summed E-state index contributed by atoms with van der Waals surface area (Å²) in [6.07, 6.45) is -4.68. The van der Waals surface area contributed by atoms with Crippen LogP contribution >= 0.6 is 11.8 Å². The van der Waals surface area contributed by atoms with Crippen molar-refractivity contribution in [3.05, 3.63) is 45.1 Å². The molecular formula is C13H12F3N3O4S. The molecule has 7 nitrogen and oxygen atoms in total. The standard InChI is InChI=1S/C13H12F3N3O4S/c1-23-12(20)8-5-24-6-10(8)18-17-9-3-2-7(13(14,15)16)4-11(9)19(21)22/h2-4,17-18H,5-6H2,1H3. The topological polar surface area (TPSA) is 93.5 Å². The van der Waals surface area contributed by atoms with Crippen LogP contribution in [0.4, 0.5) is 24.5 Å². The number of benzene rings is 1. The Morgan fingerprint density at radius 1 is 1.33 bits per heavy atom. The minimum Gasteiger partial charge on any atom is -0.466 e. The number of carbonyl (C=O) groups excluding carboxylic acids is 1. The highest BCUT2D eigenvalue weighted by molar-refractivity contribution is 7.99. The van der Waals surface area contributed by atoms with Crippen LogP contribution in [0.15, 0.2) is 29.5 Å². The zero-order valence-corrected chi connectivity index (χ0v) is 13.1. The maximum absolute atomic E-state index is 12.7. The number of rotatable bonds is 5. The lowest BCUT2D eigenvalue weighted by atomic mass is 10.1. The van der Waals surface area contributed by atoms with E-state index in [9.17, 15) is 28.1 Å². The van der Waals surface area contributed by atoms with E-state index >= 15 is 0 Å². The molecule has 1 aliphatic rings. The fraction of sp³-hybridized carbons (Fsp3) is 0.308. The highest BCUT2D eigenvalue weighted by atomic mass is 32.2. The Kier molecular flexibility index (Phi) is 5.22. The summed E-state index contributed by atoms with van der Waals surface area (Å²) in [4.78, 5) is 21.6. The van der Waals surface area contributed by atoms with Gasteiger partial charge in [-0.25, -0.2) is 4.79 Å². The first-order valence-electron chi connectivity index (χ1n) is 6.49. The van der Waals surface area contributed by atoms with Crippen LogP contribution in [-0.2, 0) is 15.7 Å². The molecule has 1 heterocycles. The van der Waals surface area contributed by atoms with E-state index in [1.165, 1.54) is 18.9 Å². The summed E-state index contributed by atoms with van der Waals surface area (Å²) in [5, 5.41) is 11.0. The summed E-state index contributed by atoms with van der Waals surface area (Å²) >= 11 is 1.43. The normalized spacial score (nSPS) is 14.5. The summed E-state index contributed by atoms with van der Waals surface area (Å²) in [6, 6.07) is 2.13. The molecule has 0 unspecified atom stereocenters. The third-order valence-corrected chi connectivity index (χ3v) is 4.14. The fourth-order valence-electron chi connectivity index (χ4n) is 1.95. The van der Waals surface area contributed by atoms with Gasteiger partial charge in [-0.05, 0) is 12.1 Å². The molecule has 0 bridgehead atoms. The first-order chi connectivity index (χ1) is 11.2. The van der Waals surface area contributed by atoms with Gasteiger partial charge in [-0.1, -0.05) is 0 Å². The number of alkyl halides is 3. The lowest BCUT2D eigenvalue weighted by Crippen LogP contribution is -2.25. The average molecular weight is 363 g/mol. The van der Waals surface area contributed by atoms with E-state index in [2.05, 4.69) is 15.6 Å². The fourth-order valence-corrected chi connectivity index (χ4v) is 3.00. The van der Waals surface area contributed by atoms with Crippen molar-refractivity contribution in [2.45, 2.75) is 6.18 Å². The van der Waals surface area contributed by atoms with Gasteiger partial charge in [-0.3, -0.25) is 15.5 Å². The van der Waals surface area contributed by atoms with Crippen LogP contribution in [0.3, 0.4) is 0 Å². The van der Waals surface area contributed by atoms with Gasteiger partial charge in [-0.15, -0.1) is 0 Å². The van der Waals surface area contributed by atoms with Gasteiger partial charge in [0.2, 0.25) is 0 Å². The van der Waals surface area contributed by atoms with Crippen molar-refractivity contribution in [1.82, 2.24) is 5.43 Å². The molecule has 130 valence electrons. The molecule has 1 aliphatic heterocycles. The summed E-state index contributed by atoms with van der Waals surface area (Å²) in [5.41, 5.74) is 3.95. The van der Waals surface area contributed by atoms with Crippen LogP contribution in [0.25, 0.3) is 0 Å². The molecule has 0 radical (unpaired) electrons. The highest BCUT2D eigenvalue weighted by Crippen LogP contribution is 2.35. The van der Waals surface area contributed by atoms with Crippen LogP contribution < -0.4 is 10.9 Å². The predicted octanol–water partition coefficient (Wildman–Crippen LogP) is 2.70. The van der Waals surface area contributed by atoms with Crippen LogP contribution in [0.2, 0.25) is 0 Å². The zero-order chi connectivity index (χ0) is 17.9. The Balaban J connectivity index is 2.24. The Morgan fingerprint density at radius 3 is 2.62 bits per heavy atom. The molecule has 0 saturated carbocycles. The number of anilines is 1. The zero-order valence-electron chi connectivity index (χ0n) is 12.3. The Bertz CT molecular complexity index is 706. The molecule has 0 fully saturated rings. The molecule has 24 heavy (non-hydrogen) atoms. The second kappa shape index (κ2) is 6.99. The number of hydrogen-bond donors (Lipinski definition) is 2. The van der Waals surface area contributed by atoms with Gasteiger partial charge in [0.05, 0.1) is 28.9 Å². The summed E-state index contributed by atoms with van der Waals surface area (Å²) in [6.45, 7) is 0. The van der Waals surface area contributed by atoms with Gasteiger partial charge in [0, 0.05) is 17.6 Å². The summed E-state index contributed by atoms with van der Waals surface area (Å²) < 4.78 is 42.6. The number of nitrogens with one attached hydrogen (secondary N) is 2. The minimum atomic E-state index is -4.68. The number of carbonyl (C=O) groups is 1. The van der Waals surface area contributed by atoms with Crippen molar-refractivity contribution in [3.8, 4) is 0 Å². The van der Waals surface area contributed by atoms with Gasteiger partial charge < -0.3 is 10.2 Å². The van der Waals surface area contributed by atoms with E-state index in [-0.39, 0.29) is 5.69 Å². The maximum Gasteiger partial charge on any atom is 0.416 e. The third-order valence-electron chi connectivity index (χ3n) is 3.16. The molecule has 0 aromatic heterocycles. The number of methoxy groups -OCH3 is 1. The second-order valence-electron chi connectivity index (χ2n) is 4.68. The van der Waals surface area contributed by atoms with Gasteiger partial charge in [0.1, 0.15) is 5.69 Å². The third kappa shape index (κ3) is 3.91. The molecule has 0 amide bonds. The Hall–Kier alpha value is -2.43. The number of thioether (sulfide) groups is 1. The Morgan fingerprint density at radius 2 is 2.04 bits per heavy atom. The highest BCUT2D eigenvalue weighted by Gasteiger charge is 2.33. The predicted molar refractivity (Wildman–Crippen MR) is 81.2 cm³/mol. The molecule has 0 aliphatic carbocycles. The van der Waals surface area contributed by atoms with E-state index in [4.69, 9.17) is 0 Å². The average Bonchev–Trinajstić information content (AvgIpc) is 2.99. The first kappa shape index (κ1) is 17.9. The van der Waals surface area contributed by atoms with Crippen LogP contribution in [0.1, 0.15) is 5.56 Å². The van der Waals surface area contributed by atoms with Gasteiger partial charge in [-0.2, -0.15) is 24.9 Å². The SMILES string of the molecule is COC(=O)C1=C(NNc2ccc(C(F)(F)F)cc2[N+](=O)[O-])CSC1. The number of halogens is 3. The number of hydrogen-bond acceptors (Lipinski definition) is 7. The summed E-state index contributed by atoms with van der Waals surface area (Å²) in [5.74, 6) is 0.309. The van der Waals surface area contributed by atoms with E-state index in [1.807, 2.05) is 0 Å². The molecule has 11 heteroatoms.